The summed E-state index contributed by atoms with van der Waals surface area (Å²) in [5, 5.41) is 4.03. The van der Waals surface area contributed by atoms with Crippen LogP contribution in [0, 0.1) is 0 Å². The standard InChI is InChI=1S/C23H25N3O2S/c1-28-20-9-7-18(8-10-20)23-24-15-21(29-23)22(27)25-19-11-13-26(14-12-19)16-17-5-3-2-4-6-17/h2-10,15,19H,11-14,16H2,1H3,(H,25,27). The molecular formula is C23H25N3O2S. The van der Waals surface area contributed by atoms with Crippen molar-refractivity contribution in [2.24, 2.45) is 0 Å². The van der Waals surface area contributed by atoms with Crippen molar-refractivity contribution in [1.29, 1.82) is 0 Å². The first-order valence-electron chi connectivity index (χ1n) is 9.88. The number of methoxy groups -OCH3 is 1. The third-order valence-electron chi connectivity index (χ3n) is 5.24. The molecule has 0 aliphatic carbocycles. The molecule has 0 radical (unpaired) electrons. The lowest BCUT2D eigenvalue weighted by atomic mass is 10.0. The van der Waals surface area contributed by atoms with Crippen molar-refractivity contribution in [3.63, 3.8) is 0 Å². The van der Waals surface area contributed by atoms with Gasteiger partial charge in [0.1, 0.15) is 15.6 Å². The minimum atomic E-state index is -0.0243. The first-order valence-corrected chi connectivity index (χ1v) is 10.7. The zero-order chi connectivity index (χ0) is 20.1. The molecule has 0 spiro atoms. The van der Waals surface area contributed by atoms with Crippen molar-refractivity contribution < 1.29 is 9.53 Å². The summed E-state index contributed by atoms with van der Waals surface area (Å²) < 4.78 is 5.19. The lowest BCUT2D eigenvalue weighted by molar-refractivity contribution is 0.0913. The molecule has 1 fully saturated rings. The van der Waals surface area contributed by atoms with Crippen molar-refractivity contribution in [3.8, 4) is 16.3 Å². The Hall–Kier alpha value is -2.70. The van der Waals surface area contributed by atoms with E-state index >= 15 is 0 Å². The van der Waals surface area contributed by atoms with E-state index in [9.17, 15) is 4.79 Å². The number of nitrogens with one attached hydrogen (secondary N) is 1. The van der Waals surface area contributed by atoms with E-state index in [1.807, 2.05) is 30.3 Å². The van der Waals surface area contributed by atoms with Crippen molar-refractivity contribution in [1.82, 2.24) is 15.2 Å². The Labute approximate surface area is 175 Å². The number of nitrogens with zero attached hydrogens (tertiary/aromatic N) is 2. The number of piperidine rings is 1. The van der Waals surface area contributed by atoms with Gasteiger partial charge in [0.05, 0.1) is 13.3 Å². The minimum Gasteiger partial charge on any atom is -0.497 e. The lowest BCUT2D eigenvalue weighted by Gasteiger charge is -2.32. The summed E-state index contributed by atoms with van der Waals surface area (Å²) in [7, 11) is 1.65. The SMILES string of the molecule is COc1ccc(-c2ncc(C(=O)NC3CCN(Cc4ccccc4)CC3)s2)cc1. The van der Waals surface area contributed by atoms with Crippen LogP contribution < -0.4 is 10.1 Å². The van der Waals surface area contributed by atoms with E-state index in [1.54, 1.807) is 13.3 Å². The van der Waals surface area contributed by atoms with Gasteiger partial charge >= 0.3 is 0 Å². The van der Waals surface area contributed by atoms with E-state index in [0.717, 1.165) is 48.8 Å². The number of carbonyl (C=O) groups is 1. The van der Waals surface area contributed by atoms with E-state index in [2.05, 4.69) is 39.5 Å². The molecule has 6 heteroatoms. The maximum atomic E-state index is 12.7. The molecule has 1 aromatic heterocycles. The largest absolute Gasteiger partial charge is 0.497 e. The number of thiazole rings is 1. The van der Waals surface area contributed by atoms with Gasteiger partial charge in [0, 0.05) is 31.2 Å². The summed E-state index contributed by atoms with van der Waals surface area (Å²) in [6.45, 7) is 2.97. The highest BCUT2D eigenvalue weighted by Gasteiger charge is 2.22. The van der Waals surface area contributed by atoms with Crippen LogP contribution in [0.1, 0.15) is 28.1 Å². The second-order valence-corrected chi connectivity index (χ2v) is 8.30. The fourth-order valence-corrected chi connectivity index (χ4v) is 4.40. The number of ether oxygens (including phenoxy) is 1. The maximum Gasteiger partial charge on any atom is 0.263 e. The second-order valence-electron chi connectivity index (χ2n) is 7.27. The number of rotatable bonds is 6. The van der Waals surface area contributed by atoms with Crippen LogP contribution in [0.4, 0.5) is 0 Å². The zero-order valence-electron chi connectivity index (χ0n) is 16.5. The molecule has 0 saturated carbocycles. The van der Waals surface area contributed by atoms with Gasteiger partial charge in [-0.3, -0.25) is 9.69 Å². The van der Waals surface area contributed by atoms with E-state index < -0.39 is 0 Å². The number of carbonyl (C=O) groups excluding carboxylic acids is 1. The summed E-state index contributed by atoms with van der Waals surface area (Å²) in [6, 6.07) is 18.5. The topological polar surface area (TPSA) is 54.5 Å². The summed E-state index contributed by atoms with van der Waals surface area (Å²) in [5.74, 6) is 0.783. The first kappa shape index (κ1) is 19.6. The Morgan fingerprint density at radius 2 is 1.86 bits per heavy atom. The molecule has 1 N–H and O–H groups in total. The Kier molecular flexibility index (Phi) is 6.22. The van der Waals surface area contributed by atoms with Crippen molar-refractivity contribution in [3.05, 3.63) is 71.2 Å². The summed E-state index contributed by atoms with van der Waals surface area (Å²) in [5.41, 5.74) is 2.33. The average Bonchev–Trinajstić information content (AvgIpc) is 3.26. The van der Waals surface area contributed by atoms with Crippen LogP contribution in [0.25, 0.3) is 10.6 Å². The van der Waals surface area contributed by atoms with Crippen LogP contribution in [-0.2, 0) is 6.54 Å². The molecule has 3 aromatic rings. The average molecular weight is 408 g/mol. The molecule has 1 aliphatic rings. The number of benzene rings is 2. The highest BCUT2D eigenvalue weighted by molar-refractivity contribution is 7.16. The molecule has 2 aromatic carbocycles. The van der Waals surface area contributed by atoms with Gasteiger partial charge in [0.25, 0.3) is 5.91 Å². The first-order chi connectivity index (χ1) is 14.2. The molecule has 0 atom stereocenters. The normalized spacial score (nSPS) is 15.2. The number of aromatic nitrogens is 1. The Morgan fingerprint density at radius 1 is 1.14 bits per heavy atom. The molecule has 1 saturated heterocycles. The predicted molar refractivity (Wildman–Crippen MR) is 116 cm³/mol. The highest BCUT2D eigenvalue weighted by atomic mass is 32.1. The Balaban J connectivity index is 1.29. The second kappa shape index (κ2) is 9.20. The molecule has 29 heavy (non-hydrogen) atoms. The molecule has 2 heterocycles. The quantitative estimate of drug-likeness (QED) is 0.665. The van der Waals surface area contributed by atoms with Gasteiger partial charge in [-0.25, -0.2) is 4.98 Å². The maximum absolute atomic E-state index is 12.7. The fourth-order valence-electron chi connectivity index (χ4n) is 3.58. The van der Waals surface area contributed by atoms with Gasteiger partial charge in [-0.1, -0.05) is 30.3 Å². The monoisotopic (exact) mass is 407 g/mol. The van der Waals surface area contributed by atoms with Crippen LogP contribution in [0.15, 0.2) is 60.8 Å². The number of hydrogen-bond donors (Lipinski definition) is 1. The van der Waals surface area contributed by atoms with E-state index in [1.165, 1.54) is 16.9 Å². The van der Waals surface area contributed by atoms with Crippen LogP contribution >= 0.6 is 11.3 Å². The smallest absolute Gasteiger partial charge is 0.263 e. The third-order valence-corrected chi connectivity index (χ3v) is 6.28. The van der Waals surface area contributed by atoms with Gasteiger partial charge in [-0.15, -0.1) is 11.3 Å². The minimum absolute atomic E-state index is 0.0243. The van der Waals surface area contributed by atoms with Gasteiger partial charge in [0.2, 0.25) is 0 Å². The third kappa shape index (κ3) is 5.02. The summed E-state index contributed by atoms with van der Waals surface area (Å²) in [6.07, 6.45) is 3.62. The van der Waals surface area contributed by atoms with E-state index in [-0.39, 0.29) is 11.9 Å². The number of hydrogen-bond acceptors (Lipinski definition) is 5. The molecule has 150 valence electrons. The zero-order valence-corrected chi connectivity index (χ0v) is 17.3. The molecule has 1 aliphatic heterocycles. The number of amides is 1. The summed E-state index contributed by atoms with van der Waals surface area (Å²) in [4.78, 5) is 20.2. The van der Waals surface area contributed by atoms with Gasteiger partial charge < -0.3 is 10.1 Å². The predicted octanol–water partition coefficient (Wildman–Crippen LogP) is 4.21. The van der Waals surface area contributed by atoms with Crippen LogP contribution in [0.3, 0.4) is 0 Å². The molecule has 5 nitrogen and oxygen atoms in total. The van der Waals surface area contributed by atoms with Gasteiger partial charge in [-0.05, 0) is 42.7 Å². The molecule has 0 unspecified atom stereocenters. The van der Waals surface area contributed by atoms with Crippen molar-refractivity contribution in [2.45, 2.75) is 25.4 Å². The highest BCUT2D eigenvalue weighted by Crippen LogP contribution is 2.27. The summed E-state index contributed by atoms with van der Waals surface area (Å²) >= 11 is 1.42. The fraction of sp³-hybridized carbons (Fsp3) is 0.304. The molecule has 1 amide bonds. The van der Waals surface area contributed by atoms with E-state index in [0.29, 0.717) is 4.88 Å². The van der Waals surface area contributed by atoms with Crippen molar-refractivity contribution >= 4 is 17.2 Å². The van der Waals surface area contributed by atoms with Crippen LogP contribution in [0.2, 0.25) is 0 Å². The molecule has 4 rings (SSSR count). The lowest BCUT2D eigenvalue weighted by Crippen LogP contribution is -2.44. The Morgan fingerprint density at radius 3 is 2.55 bits per heavy atom. The van der Waals surface area contributed by atoms with Gasteiger partial charge in [-0.2, -0.15) is 0 Å². The number of likely N-dealkylation sites (tertiary alicyclic amines) is 1. The van der Waals surface area contributed by atoms with Crippen LogP contribution in [0.5, 0.6) is 5.75 Å². The van der Waals surface area contributed by atoms with Gasteiger partial charge in [0.15, 0.2) is 0 Å². The van der Waals surface area contributed by atoms with Crippen molar-refractivity contribution in [2.75, 3.05) is 20.2 Å². The molecule has 0 bridgehead atoms. The van der Waals surface area contributed by atoms with Crippen LogP contribution in [-0.4, -0.2) is 42.0 Å². The van der Waals surface area contributed by atoms with E-state index in [4.69, 9.17) is 4.74 Å². The Bertz CT molecular complexity index is 932. The molecular weight excluding hydrogens is 382 g/mol.